The first-order valence-electron chi connectivity index (χ1n) is 5.34. The zero-order valence-corrected chi connectivity index (χ0v) is 9.87. The first-order valence-corrected chi connectivity index (χ1v) is 5.34. The highest BCUT2D eigenvalue weighted by Gasteiger charge is 2.05. The monoisotopic (exact) mass is 211 g/mol. The molecule has 0 saturated carbocycles. The molecular weight excluding hydrogens is 196 g/mol. The molecule has 0 N–H and O–H groups in total. The van der Waals surface area contributed by atoms with E-state index >= 15 is 0 Å². The van der Waals surface area contributed by atoms with E-state index in [1.165, 1.54) is 11.1 Å². The van der Waals surface area contributed by atoms with Gasteiger partial charge in [0.1, 0.15) is 5.75 Å². The van der Waals surface area contributed by atoms with Crippen molar-refractivity contribution in [3.63, 3.8) is 0 Å². The predicted molar refractivity (Wildman–Crippen MR) is 66.7 cm³/mol. The van der Waals surface area contributed by atoms with Gasteiger partial charge in [0.05, 0.1) is 7.11 Å². The van der Waals surface area contributed by atoms with E-state index < -0.39 is 0 Å². The van der Waals surface area contributed by atoms with Crippen LogP contribution in [0.3, 0.4) is 0 Å². The Morgan fingerprint density at radius 2 is 1.88 bits per heavy atom. The van der Waals surface area contributed by atoms with E-state index in [-0.39, 0.29) is 0 Å². The highest BCUT2D eigenvalue weighted by atomic mass is 16.5. The number of hydrogen-bond donors (Lipinski definition) is 0. The molecule has 1 nitrogen and oxygen atoms in total. The quantitative estimate of drug-likeness (QED) is 0.734. The van der Waals surface area contributed by atoms with Crippen LogP contribution in [0, 0.1) is 19.9 Å². The Balaban J connectivity index is 2.58. The number of rotatable bonds is 2. The summed E-state index contributed by atoms with van der Waals surface area (Å²) in [5.74, 6) is 0.913. The third kappa shape index (κ3) is 2.08. The zero-order chi connectivity index (χ0) is 11.5. The average molecular weight is 211 g/mol. The van der Waals surface area contributed by atoms with Gasteiger partial charge in [-0.05, 0) is 43.2 Å². The Bertz CT molecular complexity index is 501. The lowest BCUT2D eigenvalue weighted by Crippen LogP contribution is -1.89. The molecule has 1 heteroatoms. The first kappa shape index (κ1) is 10.7. The normalized spacial score (nSPS) is 10.2. The van der Waals surface area contributed by atoms with Crippen LogP contribution in [-0.4, -0.2) is 7.11 Å². The summed E-state index contributed by atoms with van der Waals surface area (Å²) in [6, 6.07) is 15.5. The van der Waals surface area contributed by atoms with Crippen molar-refractivity contribution in [2.24, 2.45) is 0 Å². The van der Waals surface area contributed by atoms with Gasteiger partial charge in [0.2, 0.25) is 0 Å². The van der Waals surface area contributed by atoms with Crippen LogP contribution in [-0.2, 0) is 0 Å². The summed E-state index contributed by atoms with van der Waals surface area (Å²) in [4.78, 5) is 0. The lowest BCUT2D eigenvalue weighted by Gasteiger charge is -2.10. The van der Waals surface area contributed by atoms with Crippen LogP contribution in [0.1, 0.15) is 11.1 Å². The number of methoxy groups -OCH3 is 1. The van der Waals surface area contributed by atoms with Gasteiger partial charge in [-0.25, -0.2) is 0 Å². The third-order valence-electron chi connectivity index (χ3n) is 2.61. The summed E-state index contributed by atoms with van der Waals surface area (Å²) in [5.41, 5.74) is 4.69. The van der Waals surface area contributed by atoms with E-state index in [9.17, 15) is 0 Å². The lowest BCUT2D eigenvalue weighted by molar-refractivity contribution is 0.416. The average Bonchev–Trinajstić information content (AvgIpc) is 2.29. The van der Waals surface area contributed by atoms with Crippen LogP contribution < -0.4 is 4.74 Å². The fraction of sp³-hybridized carbons (Fsp3) is 0.200. The fourth-order valence-corrected chi connectivity index (χ4v) is 1.80. The van der Waals surface area contributed by atoms with E-state index in [4.69, 9.17) is 4.74 Å². The summed E-state index contributed by atoms with van der Waals surface area (Å²) >= 11 is 0. The van der Waals surface area contributed by atoms with E-state index in [1.54, 1.807) is 7.11 Å². The van der Waals surface area contributed by atoms with Gasteiger partial charge in [-0.1, -0.05) is 29.8 Å². The smallest absolute Gasteiger partial charge is 0.126 e. The van der Waals surface area contributed by atoms with Gasteiger partial charge < -0.3 is 4.74 Å². The molecule has 0 aromatic heterocycles. The van der Waals surface area contributed by atoms with Crippen molar-refractivity contribution in [2.75, 3.05) is 7.11 Å². The van der Waals surface area contributed by atoms with Gasteiger partial charge in [0.15, 0.2) is 0 Å². The van der Waals surface area contributed by atoms with Gasteiger partial charge in [-0.3, -0.25) is 0 Å². The van der Waals surface area contributed by atoms with Crippen molar-refractivity contribution in [3.05, 3.63) is 53.6 Å². The summed E-state index contributed by atoms with van der Waals surface area (Å²) in [6.07, 6.45) is 0. The molecule has 0 fully saturated rings. The van der Waals surface area contributed by atoms with Crippen LogP contribution in [0.5, 0.6) is 5.75 Å². The Labute approximate surface area is 96.7 Å². The molecule has 0 saturated heterocycles. The molecule has 0 heterocycles. The summed E-state index contributed by atoms with van der Waals surface area (Å²) in [6.45, 7) is 4.14. The van der Waals surface area contributed by atoms with E-state index in [0.717, 1.165) is 16.9 Å². The highest BCUT2D eigenvalue weighted by molar-refractivity contribution is 5.71. The molecule has 81 valence electrons. The second kappa shape index (κ2) is 4.40. The molecule has 0 unspecified atom stereocenters. The van der Waals surface area contributed by atoms with Crippen LogP contribution >= 0.6 is 0 Å². The molecule has 2 rings (SSSR count). The standard InChI is InChI=1S/C15H15O/c1-11-5-4-6-13(9-11)14-10-12(2)7-8-15(14)16-3/h4,6-10H,1-3H3. The molecule has 2 aromatic rings. The van der Waals surface area contributed by atoms with Gasteiger partial charge in [0.25, 0.3) is 0 Å². The molecular formula is C15H15O. The van der Waals surface area contributed by atoms with Crippen molar-refractivity contribution in [1.82, 2.24) is 0 Å². The Kier molecular flexibility index (Phi) is 2.95. The van der Waals surface area contributed by atoms with Gasteiger partial charge in [-0.2, -0.15) is 0 Å². The number of hydrogen-bond acceptors (Lipinski definition) is 1. The Morgan fingerprint density at radius 1 is 1.06 bits per heavy atom. The van der Waals surface area contributed by atoms with E-state index in [0.29, 0.717) is 0 Å². The summed E-state index contributed by atoms with van der Waals surface area (Å²) < 4.78 is 5.38. The van der Waals surface area contributed by atoms with Crippen molar-refractivity contribution in [3.8, 4) is 16.9 Å². The third-order valence-corrected chi connectivity index (χ3v) is 2.61. The maximum absolute atomic E-state index is 5.38. The second-order valence-electron chi connectivity index (χ2n) is 3.96. The maximum atomic E-state index is 5.38. The second-order valence-corrected chi connectivity index (χ2v) is 3.96. The van der Waals surface area contributed by atoms with Gasteiger partial charge >= 0.3 is 0 Å². The Hall–Kier alpha value is -1.76. The minimum atomic E-state index is 0.913. The molecule has 16 heavy (non-hydrogen) atoms. The largest absolute Gasteiger partial charge is 0.496 e. The predicted octanol–water partition coefficient (Wildman–Crippen LogP) is 3.78. The number of aryl methyl sites for hydroxylation is 2. The number of ether oxygens (including phenoxy) is 1. The molecule has 0 aliphatic carbocycles. The van der Waals surface area contributed by atoms with Crippen molar-refractivity contribution < 1.29 is 4.74 Å². The molecule has 0 aliphatic rings. The van der Waals surface area contributed by atoms with E-state index in [1.807, 2.05) is 19.1 Å². The van der Waals surface area contributed by atoms with Crippen LogP contribution in [0.4, 0.5) is 0 Å². The molecule has 0 bridgehead atoms. The minimum Gasteiger partial charge on any atom is -0.496 e. The first-order chi connectivity index (χ1) is 7.70. The van der Waals surface area contributed by atoms with Gasteiger partial charge in [0, 0.05) is 5.56 Å². The molecule has 0 amide bonds. The van der Waals surface area contributed by atoms with Gasteiger partial charge in [-0.15, -0.1) is 0 Å². The Morgan fingerprint density at radius 3 is 2.56 bits per heavy atom. The minimum absolute atomic E-state index is 0.913. The maximum Gasteiger partial charge on any atom is 0.126 e. The zero-order valence-electron chi connectivity index (χ0n) is 9.87. The van der Waals surface area contributed by atoms with E-state index in [2.05, 4.69) is 37.3 Å². The van der Waals surface area contributed by atoms with Crippen molar-refractivity contribution in [2.45, 2.75) is 13.8 Å². The van der Waals surface area contributed by atoms with Crippen molar-refractivity contribution in [1.29, 1.82) is 0 Å². The lowest BCUT2D eigenvalue weighted by atomic mass is 10.0. The fourth-order valence-electron chi connectivity index (χ4n) is 1.80. The molecule has 2 aromatic carbocycles. The van der Waals surface area contributed by atoms with Crippen LogP contribution in [0.2, 0.25) is 0 Å². The van der Waals surface area contributed by atoms with Crippen molar-refractivity contribution >= 4 is 0 Å². The van der Waals surface area contributed by atoms with Crippen LogP contribution in [0.15, 0.2) is 36.4 Å². The summed E-state index contributed by atoms with van der Waals surface area (Å²) in [7, 11) is 1.70. The molecule has 0 spiro atoms. The topological polar surface area (TPSA) is 9.23 Å². The molecule has 1 radical (unpaired) electrons. The highest BCUT2D eigenvalue weighted by Crippen LogP contribution is 2.30. The van der Waals surface area contributed by atoms with Crippen LogP contribution in [0.25, 0.3) is 11.1 Å². The molecule has 0 aliphatic heterocycles. The number of benzene rings is 2. The summed E-state index contributed by atoms with van der Waals surface area (Å²) in [5, 5.41) is 0. The SMILES string of the molecule is COc1ccc(C)cc1-c1cc[c]c(C)c1. The molecule has 0 atom stereocenters.